The van der Waals surface area contributed by atoms with Crippen molar-refractivity contribution in [1.82, 2.24) is 0 Å². The number of hydrogen-bond acceptors (Lipinski definition) is 8. The molecule has 0 unspecified atom stereocenters. The zero-order chi connectivity index (χ0) is 23.5. The Morgan fingerprint density at radius 2 is 1.28 bits per heavy atom. The molecule has 1 aromatic carbocycles. The molecular formula is C23H38O8S. The Hall–Kier alpha value is -1.52. The lowest BCUT2D eigenvalue weighted by molar-refractivity contribution is -0.145. The molecule has 0 radical (unpaired) electrons. The van der Waals surface area contributed by atoms with E-state index in [-0.39, 0.29) is 30.7 Å². The fourth-order valence-corrected chi connectivity index (χ4v) is 3.57. The van der Waals surface area contributed by atoms with E-state index in [1.54, 1.807) is 12.1 Å². The van der Waals surface area contributed by atoms with Crippen LogP contribution in [0.5, 0.6) is 0 Å². The first-order valence-electron chi connectivity index (χ1n) is 11.3. The highest BCUT2D eigenvalue weighted by Gasteiger charge is 2.14. The summed E-state index contributed by atoms with van der Waals surface area (Å²) in [5.41, 5.74) is 0.976. The zero-order valence-electron chi connectivity index (χ0n) is 19.4. The maximum Gasteiger partial charge on any atom is 0.305 e. The van der Waals surface area contributed by atoms with Crippen LogP contribution in [0.1, 0.15) is 51.0 Å². The predicted molar refractivity (Wildman–Crippen MR) is 121 cm³/mol. The Balaban J connectivity index is 1.87. The third-order valence-corrected chi connectivity index (χ3v) is 5.82. The molecule has 0 aliphatic rings. The molecule has 0 atom stereocenters. The SMILES string of the molecule is CCCCCCCC(=O)OCCOCCOCCOCCOS(=O)(=O)c1ccc(C)cc1. The van der Waals surface area contributed by atoms with Gasteiger partial charge in [0, 0.05) is 6.42 Å². The van der Waals surface area contributed by atoms with E-state index in [1.807, 2.05) is 6.92 Å². The molecule has 1 rings (SSSR count). The smallest absolute Gasteiger partial charge is 0.305 e. The second kappa shape index (κ2) is 18.0. The number of unbranched alkanes of at least 4 members (excludes halogenated alkanes) is 4. The number of carbonyl (C=O) groups is 1. The summed E-state index contributed by atoms with van der Waals surface area (Å²) >= 11 is 0. The van der Waals surface area contributed by atoms with Gasteiger partial charge in [0.15, 0.2) is 0 Å². The predicted octanol–water partition coefficient (Wildman–Crippen LogP) is 3.65. The van der Waals surface area contributed by atoms with Crippen molar-refractivity contribution in [3.05, 3.63) is 29.8 Å². The lowest BCUT2D eigenvalue weighted by Gasteiger charge is -2.08. The molecule has 32 heavy (non-hydrogen) atoms. The molecule has 0 heterocycles. The van der Waals surface area contributed by atoms with Gasteiger partial charge in [0.25, 0.3) is 10.1 Å². The molecule has 1 aromatic rings. The second-order valence-corrected chi connectivity index (χ2v) is 8.93. The summed E-state index contributed by atoms with van der Waals surface area (Å²) in [7, 11) is -3.76. The maximum absolute atomic E-state index is 12.0. The molecule has 0 bridgehead atoms. The molecule has 184 valence electrons. The van der Waals surface area contributed by atoms with E-state index < -0.39 is 10.1 Å². The number of hydrogen-bond donors (Lipinski definition) is 0. The summed E-state index contributed by atoms with van der Waals surface area (Å²) in [6.07, 6.45) is 5.99. The van der Waals surface area contributed by atoms with Crippen molar-refractivity contribution in [2.45, 2.75) is 57.3 Å². The van der Waals surface area contributed by atoms with Crippen molar-refractivity contribution >= 4 is 16.1 Å². The van der Waals surface area contributed by atoms with E-state index in [0.717, 1.165) is 18.4 Å². The van der Waals surface area contributed by atoms with Gasteiger partial charge in [-0.25, -0.2) is 0 Å². The lowest BCUT2D eigenvalue weighted by atomic mass is 10.1. The van der Waals surface area contributed by atoms with Crippen LogP contribution in [0.4, 0.5) is 0 Å². The van der Waals surface area contributed by atoms with Crippen LogP contribution in [0.25, 0.3) is 0 Å². The third kappa shape index (κ3) is 14.5. The van der Waals surface area contributed by atoms with E-state index in [9.17, 15) is 13.2 Å². The molecule has 0 aliphatic carbocycles. The van der Waals surface area contributed by atoms with Crippen LogP contribution in [0.15, 0.2) is 29.2 Å². The fourth-order valence-electron chi connectivity index (χ4n) is 2.68. The van der Waals surface area contributed by atoms with Gasteiger partial charge in [0.05, 0.1) is 51.1 Å². The van der Waals surface area contributed by atoms with Crippen molar-refractivity contribution in [2.24, 2.45) is 0 Å². The fraction of sp³-hybridized carbons (Fsp3) is 0.696. The maximum atomic E-state index is 12.0. The molecule has 9 heteroatoms. The van der Waals surface area contributed by atoms with Crippen LogP contribution < -0.4 is 0 Å². The molecule has 0 N–H and O–H groups in total. The number of aryl methyl sites for hydroxylation is 1. The minimum Gasteiger partial charge on any atom is -0.463 e. The highest BCUT2D eigenvalue weighted by atomic mass is 32.2. The summed E-state index contributed by atoms with van der Waals surface area (Å²) < 4.78 is 50.0. The van der Waals surface area contributed by atoms with Crippen molar-refractivity contribution < 1.29 is 36.3 Å². The van der Waals surface area contributed by atoms with E-state index in [2.05, 4.69) is 6.92 Å². The van der Waals surface area contributed by atoms with Crippen molar-refractivity contribution in [3.8, 4) is 0 Å². The standard InChI is InChI=1S/C23H38O8S/c1-3-4-5-6-7-8-23(24)30-19-17-28-15-13-27-14-16-29-18-20-31-32(25,26)22-11-9-21(2)10-12-22/h9-12H,3-8,13-20H2,1-2H3. The Bertz CT molecular complexity index is 703. The summed E-state index contributed by atoms with van der Waals surface area (Å²) in [4.78, 5) is 11.7. The summed E-state index contributed by atoms with van der Waals surface area (Å²) in [6.45, 7) is 6.20. The number of esters is 1. The van der Waals surface area contributed by atoms with Gasteiger partial charge in [-0.15, -0.1) is 0 Å². The average molecular weight is 475 g/mol. The van der Waals surface area contributed by atoms with Crippen LogP contribution >= 0.6 is 0 Å². The van der Waals surface area contributed by atoms with Crippen molar-refractivity contribution in [2.75, 3.05) is 52.9 Å². The normalized spacial score (nSPS) is 11.6. The zero-order valence-corrected chi connectivity index (χ0v) is 20.2. The van der Waals surface area contributed by atoms with E-state index in [4.69, 9.17) is 23.1 Å². The quantitative estimate of drug-likeness (QED) is 0.160. The molecule has 0 saturated heterocycles. The number of carbonyl (C=O) groups excluding carboxylic acids is 1. The van der Waals surface area contributed by atoms with Crippen LogP contribution in [0.3, 0.4) is 0 Å². The minimum absolute atomic E-state index is 0.0587. The summed E-state index contributed by atoms with van der Waals surface area (Å²) in [5.74, 6) is -0.172. The molecule has 0 amide bonds. The summed E-state index contributed by atoms with van der Waals surface area (Å²) in [5, 5.41) is 0. The van der Waals surface area contributed by atoms with Crippen molar-refractivity contribution in [3.63, 3.8) is 0 Å². The Morgan fingerprint density at radius 1 is 0.750 bits per heavy atom. The second-order valence-electron chi connectivity index (χ2n) is 7.31. The highest BCUT2D eigenvalue weighted by Crippen LogP contribution is 2.12. The van der Waals surface area contributed by atoms with Crippen LogP contribution in [-0.2, 0) is 38.0 Å². The number of ether oxygens (including phenoxy) is 4. The first-order valence-corrected chi connectivity index (χ1v) is 12.7. The molecule has 8 nitrogen and oxygen atoms in total. The molecule has 0 fully saturated rings. The Morgan fingerprint density at radius 3 is 1.88 bits per heavy atom. The van der Waals surface area contributed by atoms with E-state index in [0.29, 0.717) is 39.5 Å². The van der Waals surface area contributed by atoms with Gasteiger partial charge < -0.3 is 18.9 Å². The molecule has 0 saturated carbocycles. The third-order valence-electron chi connectivity index (χ3n) is 4.50. The number of rotatable bonds is 20. The molecular weight excluding hydrogens is 436 g/mol. The van der Waals surface area contributed by atoms with Crippen LogP contribution in [-0.4, -0.2) is 67.2 Å². The lowest BCUT2D eigenvalue weighted by Crippen LogP contribution is -2.15. The molecule has 0 aliphatic heterocycles. The van der Waals surface area contributed by atoms with Gasteiger partial charge >= 0.3 is 5.97 Å². The van der Waals surface area contributed by atoms with Crippen LogP contribution in [0.2, 0.25) is 0 Å². The van der Waals surface area contributed by atoms with Crippen LogP contribution in [0, 0.1) is 6.92 Å². The monoisotopic (exact) mass is 474 g/mol. The largest absolute Gasteiger partial charge is 0.463 e. The van der Waals surface area contributed by atoms with Gasteiger partial charge in [-0.1, -0.05) is 50.3 Å². The average Bonchev–Trinajstić information content (AvgIpc) is 2.77. The Kier molecular flexibility index (Phi) is 16.0. The van der Waals surface area contributed by atoms with Gasteiger partial charge in [0.2, 0.25) is 0 Å². The van der Waals surface area contributed by atoms with Gasteiger partial charge in [0.1, 0.15) is 6.61 Å². The highest BCUT2D eigenvalue weighted by molar-refractivity contribution is 7.86. The first kappa shape index (κ1) is 28.5. The topological polar surface area (TPSA) is 97.4 Å². The first-order chi connectivity index (χ1) is 15.5. The van der Waals surface area contributed by atoms with E-state index >= 15 is 0 Å². The van der Waals surface area contributed by atoms with Gasteiger partial charge in [-0.05, 0) is 25.5 Å². The van der Waals surface area contributed by atoms with Crippen molar-refractivity contribution in [1.29, 1.82) is 0 Å². The van der Waals surface area contributed by atoms with Gasteiger partial charge in [-0.3, -0.25) is 8.98 Å². The summed E-state index contributed by atoms with van der Waals surface area (Å²) in [6, 6.07) is 6.47. The molecule has 0 spiro atoms. The minimum atomic E-state index is -3.76. The van der Waals surface area contributed by atoms with Gasteiger partial charge in [-0.2, -0.15) is 8.42 Å². The molecule has 0 aromatic heterocycles. The Labute approximate surface area is 192 Å². The number of benzene rings is 1. The van der Waals surface area contributed by atoms with E-state index in [1.165, 1.54) is 31.4 Å².